The topological polar surface area (TPSA) is 224 Å². The first-order chi connectivity index (χ1) is 61.9. The van der Waals surface area contributed by atoms with E-state index in [1.807, 2.05) is 132 Å². The Morgan fingerprint density at radius 2 is 0.388 bits per heavy atom. The first-order valence-corrected chi connectivity index (χ1v) is 50.8. The van der Waals surface area contributed by atoms with Crippen LogP contribution in [0.25, 0.3) is 0 Å². The van der Waals surface area contributed by atoms with Crippen molar-refractivity contribution in [2.75, 3.05) is 39.3 Å². The molecular formula is C105H124N6O12S6. The van der Waals surface area contributed by atoms with Crippen molar-refractivity contribution in [2.24, 2.45) is 5.92 Å². The molecule has 6 aliphatic rings. The molecule has 0 N–H and O–H groups in total. The second-order valence-corrected chi connectivity index (χ2v) is 42.7. The van der Waals surface area contributed by atoms with Crippen LogP contribution in [0.3, 0.4) is 0 Å². The van der Waals surface area contributed by atoms with Gasteiger partial charge in [0.15, 0.2) is 0 Å². The molecule has 0 bridgehead atoms. The van der Waals surface area contributed by atoms with Gasteiger partial charge in [0.1, 0.15) is 0 Å². The van der Waals surface area contributed by atoms with Gasteiger partial charge in [0.05, 0.1) is 66.8 Å². The van der Waals surface area contributed by atoms with E-state index in [0.717, 1.165) is 181 Å². The molecule has 6 aromatic heterocycles. The largest absolute Gasteiger partial charge is 0.274 e. The number of carbonyl (C=O) groups is 12. The van der Waals surface area contributed by atoms with Crippen molar-refractivity contribution < 1.29 is 57.5 Å². The van der Waals surface area contributed by atoms with Gasteiger partial charge in [0.25, 0.3) is 70.9 Å². The molecule has 129 heavy (non-hydrogen) atoms. The Labute approximate surface area is 785 Å². The zero-order chi connectivity index (χ0) is 93.0. The normalized spacial score (nSPS) is 14.2. The van der Waals surface area contributed by atoms with Crippen LogP contribution in [0, 0.1) is 89.0 Å². The fourth-order valence-electron chi connectivity index (χ4n) is 17.9. The number of aryl methyl sites for hydroxylation is 16. The van der Waals surface area contributed by atoms with Crippen molar-refractivity contribution in [1.29, 1.82) is 0 Å². The molecule has 682 valence electrons. The summed E-state index contributed by atoms with van der Waals surface area (Å²) < 4.78 is 0. The van der Waals surface area contributed by atoms with Gasteiger partial charge in [-0.25, -0.2) is 0 Å². The van der Waals surface area contributed by atoms with Crippen LogP contribution in [0.1, 0.15) is 348 Å². The van der Waals surface area contributed by atoms with E-state index < -0.39 is 0 Å². The number of hydrogen-bond donors (Lipinski definition) is 0. The number of rotatable bonds is 34. The van der Waals surface area contributed by atoms with E-state index in [4.69, 9.17) is 0 Å². The number of unbranched alkanes of at least 4 members (excludes halogenated alkanes) is 11. The Hall–Kier alpha value is -10.1. The predicted molar refractivity (Wildman–Crippen MR) is 524 cm³/mol. The molecule has 0 fully saturated rings. The first-order valence-electron chi connectivity index (χ1n) is 45.9. The van der Waals surface area contributed by atoms with Crippen molar-refractivity contribution >= 4 is 139 Å². The van der Waals surface area contributed by atoms with Crippen LogP contribution in [0.5, 0.6) is 0 Å². The summed E-state index contributed by atoms with van der Waals surface area (Å²) >= 11 is 9.26. The molecule has 0 spiro atoms. The van der Waals surface area contributed by atoms with Crippen LogP contribution in [-0.2, 0) is 25.7 Å². The molecule has 12 heterocycles. The van der Waals surface area contributed by atoms with Gasteiger partial charge in [-0.2, -0.15) is 0 Å². The van der Waals surface area contributed by atoms with E-state index in [0.29, 0.717) is 112 Å². The lowest BCUT2D eigenvalue weighted by atomic mass is 9.99. The number of amides is 12. The van der Waals surface area contributed by atoms with Gasteiger partial charge < -0.3 is 0 Å². The molecule has 16 rings (SSSR count). The number of hydrogen-bond acceptors (Lipinski definition) is 18. The minimum Gasteiger partial charge on any atom is -0.274 e. The van der Waals surface area contributed by atoms with Crippen LogP contribution in [-0.4, -0.2) is 140 Å². The number of thiophene rings is 6. The zero-order valence-electron chi connectivity index (χ0n) is 77.7. The summed E-state index contributed by atoms with van der Waals surface area (Å²) in [6.45, 7) is 32.8. The predicted octanol–water partition coefficient (Wildman–Crippen LogP) is 24.8. The first kappa shape index (κ1) is 99.5. The minimum atomic E-state index is -0.120. The van der Waals surface area contributed by atoms with E-state index >= 15 is 0 Å². The van der Waals surface area contributed by atoms with Crippen molar-refractivity contribution in [3.8, 4) is 0 Å². The number of fused-ring (bicyclic) bond motifs is 6. The van der Waals surface area contributed by atoms with Crippen LogP contribution >= 0.6 is 68.0 Å². The highest BCUT2D eigenvalue weighted by atomic mass is 32.1. The Morgan fingerprint density at radius 3 is 0.612 bits per heavy atom. The smallest absolute Gasteiger partial charge is 0.262 e. The monoisotopic (exact) mass is 1850 g/mol. The summed E-state index contributed by atoms with van der Waals surface area (Å²) in [6.07, 6.45) is 24.0. The second kappa shape index (κ2) is 46.6. The molecule has 24 heteroatoms. The van der Waals surface area contributed by atoms with Gasteiger partial charge in [-0.3, -0.25) is 86.9 Å². The highest BCUT2D eigenvalue weighted by Crippen LogP contribution is 2.41. The second-order valence-electron chi connectivity index (χ2n) is 34.1. The highest BCUT2D eigenvalue weighted by Gasteiger charge is 2.45. The molecule has 18 nitrogen and oxygen atoms in total. The van der Waals surface area contributed by atoms with Crippen molar-refractivity contribution in [3.05, 3.63) is 269 Å². The van der Waals surface area contributed by atoms with Gasteiger partial charge in [0.2, 0.25) is 0 Å². The quantitative estimate of drug-likeness (QED) is 0.0271. The van der Waals surface area contributed by atoms with Gasteiger partial charge in [0, 0.05) is 97.8 Å². The standard InChI is InChI=1S/2C19H21NO2S.C18H19NO2S.C17H17NO2S.2C16H23NO2S/c2*1-13-16-17(14(2)23-13)19(22)20(18(16)21)12-8-4-7-11-15-9-5-3-6-10-15;1-12-15-16(13(2)22-12)18(21)19(17(15)20)11-7-6-10-14-8-4-3-5-9-14;1-11-14-15(12(2)21-11)17(20)18(16(14)19)10-6-9-13-7-4-3-5-8-13;1-5-7-8-12(6-2)9-17-15(18)13-10(3)20-11(4)14(13)16(17)19;1-4-5-6-7-8-9-10-17-15(18)13-11(2)20-12(3)14(13)16(17)19/h2*3,5-6,9-10H,4,7-8,11-12H2,1-2H3;3-5,8-9H,6-7,10-11H2,1-2H3;3-5,7-8H,6,9-10H2,1-2H3;12H,5-9H2,1-4H3;4-10H2,1-3H3. The fourth-order valence-corrected chi connectivity index (χ4v) is 24.2. The van der Waals surface area contributed by atoms with E-state index in [2.05, 4.69) is 93.6 Å². The lowest BCUT2D eigenvalue weighted by molar-refractivity contribution is 0.0612. The molecule has 1 atom stereocenters. The molecule has 12 amide bonds. The third-order valence-electron chi connectivity index (χ3n) is 24.8. The maximum atomic E-state index is 12.5. The van der Waals surface area contributed by atoms with Crippen LogP contribution in [0.2, 0.25) is 0 Å². The van der Waals surface area contributed by atoms with Crippen molar-refractivity contribution in [3.63, 3.8) is 0 Å². The Kier molecular flexibility index (Phi) is 36.0. The number of carbonyl (C=O) groups excluding carboxylic acids is 12. The van der Waals surface area contributed by atoms with Gasteiger partial charge in [-0.05, 0) is 195 Å². The summed E-state index contributed by atoms with van der Waals surface area (Å²) in [7, 11) is 0. The molecule has 1 unspecified atom stereocenters. The molecule has 0 saturated carbocycles. The average Bonchev–Trinajstić information content (AvgIpc) is 1.66. The molecule has 0 aliphatic carbocycles. The maximum absolute atomic E-state index is 12.5. The highest BCUT2D eigenvalue weighted by molar-refractivity contribution is 7.14. The summed E-state index contributed by atoms with van der Waals surface area (Å²) in [5.41, 5.74) is 12.9. The minimum absolute atomic E-state index is 0.0817. The summed E-state index contributed by atoms with van der Waals surface area (Å²) in [4.78, 5) is 169. The molecule has 0 radical (unpaired) electrons. The van der Waals surface area contributed by atoms with E-state index in [1.165, 1.54) is 100 Å². The number of nitrogens with zero attached hydrogens (tertiary/aromatic N) is 6. The molecule has 6 aliphatic heterocycles. The van der Waals surface area contributed by atoms with Gasteiger partial charge in [-0.1, -0.05) is 206 Å². The Morgan fingerprint density at radius 1 is 0.209 bits per heavy atom. The SMILES string of the molecule is CCCCC(CC)CN1C(=O)c2c(C)sc(C)c2C1=O.CCCCCCCCN1C(=O)c2c(C)sc(C)c2C1=O.Cc1sc(C)c2c1C(=O)N(CCCCCc1ccccc1)C2=O.Cc1sc(C)c2c1C(=O)N(CCCCCc1ccccc1)C2=O.Cc1sc(C)c2c1C(=O)N(CCCCc1ccccc1)C2=O.Cc1sc(C)c2c1C(=O)N(CCCc1ccccc1)C2=O. The van der Waals surface area contributed by atoms with Crippen LogP contribution < -0.4 is 0 Å². The summed E-state index contributed by atoms with van der Waals surface area (Å²) in [5, 5.41) is 0. The van der Waals surface area contributed by atoms with Gasteiger partial charge >= 0.3 is 0 Å². The maximum Gasteiger partial charge on any atom is 0.262 e. The third-order valence-corrected chi connectivity index (χ3v) is 30.9. The lowest BCUT2D eigenvalue weighted by Crippen LogP contribution is -2.34. The fraction of sp³-hybridized carbons (Fsp3) is 0.429. The molecular weight excluding hydrogens is 1730 g/mol. The summed E-state index contributed by atoms with van der Waals surface area (Å²) in [5.74, 6) is -0.770. The number of imide groups is 6. The number of benzene rings is 4. The van der Waals surface area contributed by atoms with E-state index in [9.17, 15) is 57.5 Å². The van der Waals surface area contributed by atoms with E-state index in [1.54, 1.807) is 45.3 Å². The van der Waals surface area contributed by atoms with Crippen LogP contribution in [0.4, 0.5) is 0 Å². The molecule has 0 saturated heterocycles. The summed E-state index contributed by atoms with van der Waals surface area (Å²) in [6, 6.07) is 41.2. The average molecular weight is 1850 g/mol. The Balaban J connectivity index is 0.000000150. The lowest BCUT2D eigenvalue weighted by Gasteiger charge is -2.21. The molecule has 10 aromatic rings. The molecule has 4 aromatic carbocycles. The van der Waals surface area contributed by atoms with Crippen LogP contribution in [0.15, 0.2) is 121 Å². The van der Waals surface area contributed by atoms with E-state index in [-0.39, 0.29) is 70.9 Å². The van der Waals surface area contributed by atoms with Gasteiger partial charge in [-0.15, -0.1) is 68.0 Å². The Bertz CT molecular complexity index is 5380. The zero-order valence-corrected chi connectivity index (χ0v) is 82.6. The third kappa shape index (κ3) is 23.3. The van der Waals surface area contributed by atoms with Crippen molar-refractivity contribution in [1.82, 2.24) is 29.4 Å². The van der Waals surface area contributed by atoms with Crippen molar-refractivity contribution in [2.45, 2.75) is 252 Å².